The molecule has 2 aromatic rings. The molecule has 0 aliphatic heterocycles. The van der Waals surface area contributed by atoms with Gasteiger partial charge in [0.2, 0.25) is 0 Å². The Morgan fingerprint density at radius 3 is 2.78 bits per heavy atom. The van der Waals surface area contributed by atoms with Crippen LogP contribution in [0.15, 0.2) is 36.9 Å². The summed E-state index contributed by atoms with van der Waals surface area (Å²) in [7, 11) is 0. The van der Waals surface area contributed by atoms with E-state index in [1.54, 1.807) is 30.6 Å². The van der Waals surface area contributed by atoms with Gasteiger partial charge in [0, 0.05) is 18.9 Å². The number of nitrogens with one attached hydrogen (secondary N) is 1. The van der Waals surface area contributed by atoms with Crippen LogP contribution in [-0.2, 0) is 13.1 Å². The van der Waals surface area contributed by atoms with E-state index in [1.807, 2.05) is 0 Å². The molecule has 0 fully saturated rings. The van der Waals surface area contributed by atoms with Crippen LogP contribution in [0.1, 0.15) is 21.7 Å². The average Bonchev–Trinajstić information content (AvgIpc) is 2.46. The number of hydrogen-bond acceptors (Lipinski definition) is 5. The van der Waals surface area contributed by atoms with Gasteiger partial charge in [-0.15, -0.1) is 0 Å². The minimum absolute atomic E-state index is 0.239. The highest BCUT2D eigenvalue weighted by Gasteiger charge is 2.06. The highest BCUT2D eigenvalue weighted by Crippen LogP contribution is 2.00. The van der Waals surface area contributed by atoms with E-state index in [0.29, 0.717) is 18.8 Å². The van der Waals surface area contributed by atoms with Crippen molar-refractivity contribution in [2.45, 2.75) is 13.1 Å². The van der Waals surface area contributed by atoms with Gasteiger partial charge in [0.1, 0.15) is 12.0 Å². The maximum atomic E-state index is 11.8. The number of carbonyl (C=O) groups is 1. The fourth-order valence-corrected chi connectivity index (χ4v) is 1.36. The van der Waals surface area contributed by atoms with E-state index in [-0.39, 0.29) is 5.91 Å². The maximum absolute atomic E-state index is 11.8. The summed E-state index contributed by atoms with van der Waals surface area (Å²) in [5, 5.41) is 2.73. The van der Waals surface area contributed by atoms with Crippen LogP contribution in [0.5, 0.6) is 0 Å². The Morgan fingerprint density at radius 2 is 2.17 bits per heavy atom. The lowest BCUT2D eigenvalue weighted by atomic mass is 10.2. The molecule has 0 saturated heterocycles. The van der Waals surface area contributed by atoms with Crippen LogP contribution in [0, 0.1) is 0 Å². The zero-order valence-electron chi connectivity index (χ0n) is 9.71. The minimum atomic E-state index is -0.239. The van der Waals surface area contributed by atoms with Gasteiger partial charge in [-0.3, -0.25) is 9.78 Å². The van der Waals surface area contributed by atoms with Crippen molar-refractivity contribution < 1.29 is 4.79 Å². The summed E-state index contributed by atoms with van der Waals surface area (Å²) in [4.78, 5) is 23.6. The van der Waals surface area contributed by atoms with Gasteiger partial charge in [-0.2, -0.15) is 0 Å². The average molecular weight is 243 g/mol. The van der Waals surface area contributed by atoms with Gasteiger partial charge in [-0.25, -0.2) is 9.97 Å². The highest BCUT2D eigenvalue weighted by atomic mass is 16.1. The van der Waals surface area contributed by atoms with Crippen LogP contribution < -0.4 is 11.1 Å². The predicted octanol–water partition coefficient (Wildman–Crippen LogP) is 0.260. The number of hydrogen-bond donors (Lipinski definition) is 2. The molecule has 2 heterocycles. The summed E-state index contributed by atoms with van der Waals surface area (Å²) in [6.07, 6.45) is 4.66. The van der Waals surface area contributed by atoms with Crippen molar-refractivity contribution in [3.63, 3.8) is 0 Å². The van der Waals surface area contributed by atoms with Crippen molar-refractivity contribution in [2.24, 2.45) is 5.73 Å². The Hall–Kier alpha value is -2.34. The van der Waals surface area contributed by atoms with Crippen molar-refractivity contribution >= 4 is 5.91 Å². The third-order valence-corrected chi connectivity index (χ3v) is 2.37. The van der Waals surface area contributed by atoms with Gasteiger partial charge in [-0.05, 0) is 17.7 Å². The molecule has 0 saturated carbocycles. The molecule has 0 bridgehead atoms. The summed E-state index contributed by atoms with van der Waals surface area (Å²) in [6, 6.07) is 5.18. The first-order chi connectivity index (χ1) is 8.79. The molecule has 0 atom stereocenters. The van der Waals surface area contributed by atoms with Gasteiger partial charge in [0.25, 0.3) is 5.91 Å². The largest absolute Gasteiger partial charge is 0.345 e. The number of amides is 1. The van der Waals surface area contributed by atoms with Crippen molar-refractivity contribution in [1.82, 2.24) is 20.3 Å². The van der Waals surface area contributed by atoms with Crippen LogP contribution in [0.25, 0.3) is 0 Å². The number of aromatic nitrogens is 3. The SMILES string of the molecule is NCc1ccc(C(=O)NCc2ccncn2)nc1. The zero-order chi connectivity index (χ0) is 12.8. The molecule has 0 spiro atoms. The molecule has 3 N–H and O–H groups in total. The molecule has 0 aromatic carbocycles. The number of pyridine rings is 1. The van der Waals surface area contributed by atoms with Crippen LogP contribution in [0.4, 0.5) is 0 Å². The lowest BCUT2D eigenvalue weighted by Crippen LogP contribution is -2.24. The fraction of sp³-hybridized carbons (Fsp3) is 0.167. The lowest BCUT2D eigenvalue weighted by Gasteiger charge is -2.04. The molecule has 1 amide bonds. The normalized spacial score (nSPS) is 10.1. The van der Waals surface area contributed by atoms with Crippen LogP contribution >= 0.6 is 0 Å². The summed E-state index contributed by atoms with van der Waals surface area (Å²) in [6.45, 7) is 0.761. The molecule has 0 aliphatic rings. The second-order valence-electron chi connectivity index (χ2n) is 3.64. The Labute approximate surface area is 104 Å². The minimum Gasteiger partial charge on any atom is -0.345 e. The zero-order valence-corrected chi connectivity index (χ0v) is 9.71. The third kappa shape index (κ3) is 3.08. The van der Waals surface area contributed by atoms with Gasteiger partial charge in [-0.1, -0.05) is 6.07 Å². The molecule has 92 valence electrons. The van der Waals surface area contributed by atoms with E-state index in [9.17, 15) is 4.79 Å². The molecule has 0 unspecified atom stereocenters. The van der Waals surface area contributed by atoms with Crippen LogP contribution in [-0.4, -0.2) is 20.9 Å². The van der Waals surface area contributed by atoms with E-state index in [0.717, 1.165) is 11.3 Å². The van der Waals surface area contributed by atoms with Gasteiger partial charge >= 0.3 is 0 Å². The predicted molar refractivity (Wildman–Crippen MR) is 65.3 cm³/mol. The molecule has 0 radical (unpaired) electrons. The number of nitrogens with zero attached hydrogens (tertiary/aromatic N) is 3. The van der Waals surface area contributed by atoms with Gasteiger partial charge in [0.15, 0.2) is 0 Å². The Morgan fingerprint density at radius 1 is 1.28 bits per heavy atom. The van der Waals surface area contributed by atoms with E-state index in [4.69, 9.17) is 5.73 Å². The van der Waals surface area contributed by atoms with Crippen molar-refractivity contribution in [2.75, 3.05) is 0 Å². The fourth-order valence-electron chi connectivity index (χ4n) is 1.36. The summed E-state index contributed by atoms with van der Waals surface area (Å²) in [5.41, 5.74) is 7.46. The number of rotatable bonds is 4. The van der Waals surface area contributed by atoms with Crippen LogP contribution in [0.3, 0.4) is 0 Å². The highest BCUT2D eigenvalue weighted by molar-refractivity contribution is 5.92. The van der Waals surface area contributed by atoms with E-state index in [1.165, 1.54) is 6.33 Å². The van der Waals surface area contributed by atoms with Crippen molar-refractivity contribution in [1.29, 1.82) is 0 Å². The molecule has 2 aromatic heterocycles. The maximum Gasteiger partial charge on any atom is 0.270 e. The molecule has 6 heteroatoms. The van der Waals surface area contributed by atoms with Crippen molar-refractivity contribution in [3.05, 3.63) is 53.9 Å². The van der Waals surface area contributed by atoms with Crippen LogP contribution in [0.2, 0.25) is 0 Å². The third-order valence-electron chi connectivity index (χ3n) is 2.37. The molecule has 18 heavy (non-hydrogen) atoms. The quantitative estimate of drug-likeness (QED) is 0.803. The van der Waals surface area contributed by atoms with E-state index in [2.05, 4.69) is 20.3 Å². The smallest absolute Gasteiger partial charge is 0.270 e. The number of carbonyl (C=O) groups excluding carboxylic acids is 1. The first kappa shape index (κ1) is 12.1. The molecule has 0 aliphatic carbocycles. The Balaban J connectivity index is 1.95. The monoisotopic (exact) mass is 243 g/mol. The molecule has 2 rings (SSSR count). The molecular weight excluding hydrogens is 230 g/mol. The van der Waals surface area contributed by atoms with E-state index < -0.39 is 0 Å². The second-order valence-corrected chi connectivity index (χ2v) is 3.64. The topological polar surface area (TPSA) is 93.8 Å². The van der Waals surface area contributed by atoms with Gasteiger partial charge in [0.05, 0.1) is 12.2 Å². The number of nitrogens with two attached hydrogens (primary N) is 1. The summed E-state index contributed by atoms with van der Waals surface area (Å²) >= 11 is 0. The Kier molecular flexibility index (Phi) is 3.93. The second kappa shape index (κ2) is 5.83. The first-order valence-electron chi connectivity index (χ1n) is 5.47. The summed E-state index contributed by atoms with van der Waals surface area (Å²) in [5.74, 6) is -0.239. The molecule has 6 nitrogen and oxygen atoms in total. The lowest BCUT2D eigenvalue weighted by molar-refractivity contribution is 0.0945. The van der Waals surface area contributed by atoms with Gasteiger partial charge < -0.3 is 11.1 Å². The Bertz CT molecular complexity index is 512. The standard InChI is InChI=1S/C12H13N5O/c13-5-9-1-2-11(15-6-9)12(18)16-7-10-3-4-14-8-17-10/h1-4,6,8H,5,7,13H2,(H,16,18). The van der Waals surface area contributed by atoms with E-state index >= 15 is 0 Å². The van der Waals surface area contributed by atoms with Crippen molar-refractivity contribution in [3.8, 4) is 0 Å². The summed E-state index contributed by atoms with van der Waals surface area (Å²) < 4.78 is 0. The molecular formula is C12H13N5O. The first-order valence-corrected chi connectivity index (χ1v) is 5.47.